The molecule has 16 heavy (non-hydrogen) atoms. The number of hydrogen-bond acceptors (Lipinski definition) is 1. The minimum Gasteiger partial charge on any atom is -0.384 e. The van der Waals surface area contributed by atoms with Gasteiger partial charge in [0.2, 0.25) is 0 Å². The topological polar surface area (TPSA) is 20.2 Å². The third-order valence-electron chi connectivity index (χ3n) is 2.56. The van der Waals surface area contributed by atoms with Gasteiger partial charge in [0.25, 0.3) is 0 Å². The summed E-state index contributed by atoms with van der Waals surface area (Å²) >= 11 is 3.45. The molecule has 0 spiro atoms. The van der Waals surface area contributed by atoms with Crippen LogP contribution in [0, 0.1) is 6.92 Å². The highest BCUT2D eigenvalue weighted by atomic mass is 79.9. The van der Waals surface area contributed by atoms with Crippen molar-refractivity contribution in [1.82, 2.24) is 0 Å². The van der Waals surface area contributed by atoms with E-state index in [0.29, 0.717) is 0 Å². The number of aliphatic hydroxyl groups is 1. The Bertz CT molecular complexity index is 494. The number of aliphatic hydroxyl groups excluding tert-OH is 1. The quantitative estimate of drug-likeness (QED) is 0.884. The molecule has 0 aliphatic heterocycles. The van der Waals surface area contributed by atoms with Crippen molar-refractivity contribution in [2.45, 2.75) is 13.0 Å². The Morgan fingerprint density at radius 2 is 1.81 bits per heavy atom. The maximum atomic E-state index is 10.3. The maximum Gasteiger partial charge on any atom is 0.105 e. The fourth-order valence-corrected chi connectivity index (χ4v) is 2.22. The highest BCUT2D eigenvalue weighted by Gasteiger charge is 2.12. The van der Waals surface area contributed by atoms with Crippen LogP contribution in [0.1, 0.15) is 22.8 Å². The lowest BCUT2D eigenvalue weighted by molar-refractivity contribution is 0.219. The van der Waals surface area contributed by atoms with Gasteiger partial charge in [-0.25, -0.2) is 0 Å². The SMILES string of the molecule is Cc1cccc([C@H](O)c2ccccc2Br)c1. The van der Waals surface area contributed by atoms with Crippen LogP contribution in [0.5, 0.6) is 0 Å². The first kappa shape index (κ1) is 11.4. The van der Waals surface area contributed by atoms with Gasteiger partial charge in [-0.05, 0) is 24.1 Å². The largest absolute Gasteiger partial charge is 0.384 e. The van der Waals surface area contributed by atoms with E-state index >= 15 is 0 Å². The summed E-state index contributed by atoms with van der Waals surface area (Å²) in [4.78, 5) is 0. The summed E-state index contributed by atoms with van der Waals surface area (Å²) in [5.74, 6) is 0. The van der Waals surface area contributed by atoms with Crippen LogP contribution in [0.15, 0.2) is 53.0 Å². The van der Waals surface area contributed by atoms with Gasteiger partial charge in [0, 0.05) is 4.47 Å². The molecule has 0 amide bonds. The minimum atomic E-state index is -0.574. The summed E-state index contributed by atoms with van der Waals surface area (Å²) in [6, 6.07) is 15.7. The molecule has 1 atom stereocenters. The zero-order chi connectivity index (χ0) is 11.5. The third kappa shape index (κ3) is 2.34. The van der Waals surface area contributed by atoms with Gasteiger partial charge in [-0.1, -0.05) is 64.0 Å². The van der Waals surface area contributed by atoms with Gasteiger partial charge in [-0.15, -0.1) is 0 Å². The Morgan fingerprint density at radius 1 is 1.06 bits per heavy atom. The molecule has 1 nitrogen and oxygen atoms in total. The molecule has 0 aliphatic rings. The Labute approximate surface area is 104 Å². The molecule has 0 heterocycles. The van der Waals surface area contributed by atoms with Gasteiger partial charge in [-0.3, -0.25) is 0 Å². The minimum absolute atomic E-state index is 0.574. The van der Waals surface area contributed by atoms with Crippen molar-refractivity contribution in [1.29, 1.82) is 0 Å². The first-order valence-corrected chi connectivity index (χ1v) is 5.97. The lowest BCUT2D eigenvalue weighted by Crippen LogP contribution is -2.00. The summed E-state index contributed by atoms with van der Waals surface area (Å²) in [5.41, 5.74) is 2.98. The third-order valence-corrected chi connectivity index (χ3v) is 3.28. The fraction of sp³-hybridized carbons (Fsp3) is 0.143. The molecule has 0 saturated carbocycles. The normalized spacial score (nSPS) is 12.4. The number of hydrogen-bond donors (Lipinski definition) is 1. The zero-order valence-corrected chi connectivity index (χ0v) is 10.6. The van der Waals surface area contributed by atoms with Crippen LogP contribution in [0.4, 0.5) is 0 Å². The summed E-state index contributed by atoms with van der Waals surface area (Å²) in [6.07, 6.45) is -0.574. The lowest BCUT2D eigenvalue weighted by atomic mass is 10.0. The van der Waals surface area contributed by atoms with E-state index in [4.69, 9.17) is 0 Å². The standard InChI is InChI=1S/C14H13BrO/c1-10-5-4-6-11(9-10)14(16)12-7-2-3-8-13(12)15/h2-9,14,16H,1H3/t14-/m0/s1. The molecule has 2 heteroatoms. The average Bonchev–Trinajstić information content (AvgIpc) is 2.29. The maximum absolute atomic E-state index is 10.3. The predicted octanol–water partition coefficient (Wildman–Crippen LogP) is 3.84. The van der Waals surface area contributed by atoms with Gasteiger partial charge in [0.1, 0.15) is 6.10 Å². The van der Waals surface area contributed by atoms with Crippen LogP contribution in [0.3, 0.4) is 0 Å². The highest BCUT2D eigenvalue weighted by molar-refractivity contribution is 9.10. The molecule has 0 bridgehead atoms. The van der Waals surface area contributed by atoms with Gasteiger partial charge in [-0.2, -0.15) is 0 Å². The highest BCUT2D eigenvalue weighted by Crippen LogP contribution is 2.28. The first-order valence-electron chi connectivity index (χ1n) is 5.17. The smallest absolute Gasteiger partial charge is 0.105 e. The molecule has 1 N–H and O–H groups in total. The van der Waals surface area contributed by atoms with E-state index < -0.39 is 6.10 Å². The van der Waals surface area contributed by atoms with Crippen LogP contribution in [0.2, 0.25) is 0 Å². The molecule has 82 valence electrons. The zero-order valence-electron chi connectivity index (χ0n) is 9.02. The number of halogens is 1. The van der Waals surface area contributed by atoms with Crippen molar-refractivity contribution >= 4 is 15.9 Å². The summed E-state index contributed by atoms with van der Waals surface area (Å²) < 4.78 is 0.934. The molecule has 2 aromatic rings. The number of rotatable bonds is 2. The monoisotopic (exact) mass is 276 g/mol. The van der Waals surface area contributed by atoms with Crippen molar-refractivity contribution < 1.29 is 5.11 Å². The van der Waals surface area contributed by atoms with E-state index in [1.165, 1.54) is 0 Å². The molecule has 0 radical (unpaired) electrons. The molecule has 0 unspecified atom stereocenters. The molecular weight excluding hydrogens is 264 g/mol. The summed E-state index contributed by atoms with van der Waals surface area (Å²) in [5, 5.41) is 10.3. The van der Waals surface area contributed by atoms with E-state index in [2.05, 4.69) is 15.9 Å². The molecule has 0 aromatic heterocycles. The van der Waals surface area contributed by atoms with E-state index in [1.807, 2.05) is 55.5 Å². The van der Waals surface area contributed by atoms with Gasteiger partial charge in [0.05, 0.1) is 0 Å². The Balaban J connectivity index is 2.39. The second kappa shape index (κ2) is 4.81. The fourth-order valence-electron chi connectivity index (χ4n) is 1.72. The second-order valence-electron chi connectivity index (χ2n) is 3.84. The van der Waals surface area contributed by atoms with Crippen molar-refractivity contribution in [3.05, 3.63) is 69.7 Å². The molecule has 0 fully saturated rings. The molecular formula is C14H13BrO. The number of benzene rings is 2. The summed E-state index contributed by atoms with van der Waals surface area (Å²) in [6.45, 7) is 2.02. The first-order chi connectivity index (χ1) is 7.68. The van der Waals surface area contributed by atoms with Gasteiger partial charge < -0.3 is 5.11 Å². The van der Waals surface area contributed by atoms with Crippen molar-refractivity contribution in [3.63, 3.8) is 0 Å². The predicted molar refractivity (Wildman–Crippen MR) is 69.4 cm³/mol. The van der Waals surface area contributed by atoms with Crippen LogP contribution >= 0.6 is 15.9 Å². The Kier molecular flexibility index (Phi) is 3.42. The van der Waals surface area contributed by atoms with Crippen molar-refractivity contribution in [2.24, 2.45) is 0 Å². The molecule has 2 aromatic carbocycles. The van der Waals surface area contributed by atoms with E-state index in [1.54, 1.807) is 0 Å². The Morgan fingerprint density at radius 3 is 2.50 bits per heavy atom. The van der Waals surface area contributed by atoms with Gasteiger partial charge >= 0.3 is 0 Å². The molecule has 0 aliphatic carbocycles. The lowest BCUT2D eigenvalue weighted by Gasteiger charge is -2.13. The van der Waals surface area contributed by atoms with Crippen molar-refractivity contribution in [2.75, 3.05) is 0 Å². The van der Waals surface area contributed by atoms with E-state index in [9.17, 15) is 5.11 Å². The Hall–Kier alpha value is -1.12. The second-order valence-corrected chi connectivity index (χ2v) is 4.69. The van der Waals surface area contributed by atoms with Crippen LogP contribution in [-0.2, 0) is 0 Å². The molecule has 0 saturated heterocycles. The van der Waals surface area contributed by atoms with E-state index in [-0.39, 0.29) is 0 Å². The molecule has 2 rings (SSSR count). The van der Waals surface area contributed by atoms with Gasteiger partial charge in [0.15, 0.2) is 0 Å². The summed E-state index contributed by atoms with van der Waals surface area (Å²) in [7, 11) is 0. The van der Waals surface area contributed by atoms with Crippen LogP contribution < -0.4 is 0 Å². The van der Waals surface area contributed by atoms with Crippen molar-refractivity contribution in [3.8, 4) is 0 Å². The van der Waals surface area contributed by atoms with E-state index in [0.717, 1.165) is 21.2 Å². The van der Waals surface area contributed by atoms with Crippen LogP contribution in [-0.4, -0.2) is 5.11 Å². The number of aryl methyl sites for hydroxylation is 1. The van der Waals surface area contributed by atoms with Crippen LogP contribution in [0.25, 0.3) is 0 Å². The average molecular weight is 277 g/mol.